The Hall–Kier alpha value is -1.60. The maximum Gasteiger partial charge on any atom is 0.242 e. The first-order valence-electron chi connectivity index (χ1n) is 12.0. The lowest BCUT2D eigenvalue weighted by molar-refractivity contribution is -0.116. The summed E-state index contributed by atoms with van der Waals surface area (Å²) in [7, 11) is -3.70. The Balaban J connectivity index is 1.82. The molecule has 174 valence electrons. The lowest BCUT2D eigenvalue weighted by Crippen LogP contribution is -2.39. The van der Waals surface area contributed by atoms with Gasteiger partial charge in [-0.25, -0.2) is 13.1 Å². The number of nitrogens with zero attached hydrogens (tertiary/aromatic N) is 1. The molecule has 1 saturated heterocycles. The normalized spacial score (nSPS) is 21.3. The van der Waals surface area contributed by atoms with Crippen molar-refractivity contribution in [3.05, 3.63) is 18.2 Å². The molecular weight excluding hydrogens is 410 g/mol. The first-order chi connectivity index (χ1) is 14.8. The molecule has 6 nitrogen and oxygen atoms in total. The Morgan fingerprint density at radius 2 is 1.87 bits per heavy atom. The van der Waals surface area contributed by atoms with Gasteiger partial charge in [-0.3, -0.25) is 4.79 Å². The highest BCUT2D eigenvalue weighted by molar-refractivity contribution is 7.89. The van der Waals surface area contributed by atoms with E-state index >= 15 is 0 Å². The number of anilines is 2. The zero-order valence-electron chi connectivity index (χ0n) is 19.3. The molecule has 1 heterocycles. The van der Waals surface area contributed by atoms with E-state index in [0.29, 0.717) is 24.4 Å². The SMILES string of the molecule is CC[C@@H](C)NS(=O)(=O)c1cc(NC(=O)CCC2CCCC2)ccc1N1CCCC[C@H]1C. The van der Waals surface area contributed by atoms with Crippen LogP contribution in [0.4, 0.5) is 11.4 Å². The molecule has 31 heavy (non-hydrogen) atoms. The molecule has 0 bridgehead atoms. The van der Waals surface area contributed by atoms with Crippen LogP contribution in [-0.4, -0.2) is 33.0 Å². The zero-order chi connectivity index (χ0) is 22.4. The van der Waals surface area contributed by atoms with Crippen LogP contribution in [0.15, 0.2) is 23.1 Å². The Morgan fingerprint density at radius 1 is 1.16 bits per heavy atom. The number of benzene rings is 1. The van der Waals surface area contributed by atoms with Crippen LogP contribution in [0.5, 0.6) is 0 Å². The molecule has 1 saturated carbocycles. The van der Waals surface area contributed by atoms with Crippen molar-refractivity contribution in [1.29, 1.82) is 0 Å². The van der Waals surface area contributed by atoms with E-state index in [9.17, 15) is 13.2 Å². The number of hydrogen-bond donors (Lipinski definition) is 2. The van der Waals surface area contributed by atoms with Crippen LogP contribution in [0.2, 0.25) is 0 Å². The Morgan fingerprint density at radius 3 is 2.55 bits per heavy atom. The van der Waals surface area contributed by atoms with Gasteiger partial charge in [-0.05, 0) is 70.1 Å². The third kappa shape index (κ3) is 6.45. The van der Waals surface area contributed by atoms with Gasteiger partial charge in [0.15, 0.2) is 0 Å². The Bertz CT molecular complexity index is 850. The van der Waals surface area contributed by atoms with Gasteiger partial charge in [-0.15, -0.1) is 0 Å². The van der Waals surface area contributed by atoms with Crippen molar-refractivity contribution in [2.24, 2.45) is 5.92 Å². The van der Waals surface area contributed by atoms with Gasteiger partial charge in [0, 0.05) is 30.7 Å². The Kier molecular flexibility index (Phi) is 8.39. The molecule has 0 spiro atoms. The summed E-state index contributed by atoms with van der Waals surface area (Å²) in [6.07, 6.45) is 10.4. The Labute approximate surface area is 188 Å². The van der Waals surface area contributed by atoms with Gasteiger partial charge in [0.05, 0.1) is 5.69 Å². The maximum absolute atomic E-state index is 13.3. The molecule has 1 aliphatic heterocycles. The summed E-state index contributed by atoms with van der Waals surface area (Å²) >= 11 is 0. The van der Waals surface area contributed by atoms with Crippen LogP contribution in [0.25, 0.3) is 0 Å². The zero-order valence-corrected chi connectivity index (χ0v) is 20.1. The quantitative estimate of drug-likeness (QED) is 0.553. The van der Waals surface area contributed by atoms with Crippen molar-refractivity contribution in [3.8, 4) is 0 Å². The molecule has 3 rings (SSSR count). The average molecular weight is 450 g/mol. The minimum absolute atomic E-state index is 0.0378. The van der Waals surface area contributed by atoms with Gasteiger partial charge in [-0.1, -0.05) is 32.6 Å². The molecule has 1 aliphatic carbocycles. The molecule has 0 aromatic heterocycles. The monoisotopic (exact) mass is 449 g/mol. The first kappa shape index (κ1) is 24.1. The summed E-state index contributed by atoms with van der Waals surface area (Å²) in [6.45, 7) is 6.83. The van der Waals surface area contributed by atoms with Crippen molar-refractivity contribution < 1.29 is 13.2 Å². The van der Waals surface area contributed by atoms with E-state index < -0.39 is 10.0 Å². The lowest BCUT2D eigenvalue weighted by Gasteiger charge is -2.36. The number of nitrogens with one attached hydrogen (secondary N) is 2. The highest BCUT2D eigenvalue weighted by Gasteiger charge is 2.28. The molecule has 1 aromatic rings. The second-order valence-corrected chi connectivity index (χ2v) is 11.1. The van der Waals surface area contributed by atoms with Gasteiger partial charge >= 0.3 is 0 Å². The molecule has 0 unspecified atom stereocenters. The summed E-state index contributed by atoms with van der Waals surface area (Å²) in [4.78, 5) is 15.0. The molecule has 1 amide bonds. The second kappa shape index (κ2) is 10.8. The van der Waals surface area contributed by atoms with Crippen LogP contribution < -0.4 is 14.9 Å². The summed E-state index contributed by atoms with van der Waals surface area (Å²) < 4.78 is 29.3. The van der Waals surface area contributed by atoms with E-state index in [1.165, 1.54) is 32.1 Å². The van der Waals surface area contributed by atoms with E-state index in [-0.39, 0.29) is 22.9 Å². The third-order valence-electron chi connectivity index (χ3n) is 6.87. The standard InChI is InChI=1S/C24H39N3O3S/c1-4-18(2)26-31(29,30)23-17-21(25-24(28)15-12-20-10-5-6-11-20)13-14-22(23)27-16-8-7-9-19(27)3/h13-14,17-20,26H,4-12,15-16H2,1-3H3,(H,25,28)/t18-,19-/m1/s1. The van der Waals surface area contributed by atoms with E-state index in [2.05, 4.69) is 21.9 Å². The van der Waals surface area contributed by atoms with Gasteiger partial charge in [0.2, 0.25) is 15.9 Å². The first-order valence-corrected chi connectivity index (χ1v) is 13.5. The second-order valence-electron chi connectivity index (χ2n) is 9.39. The number of carbonyl (C=O) groups is 1. The van der Waals surface area contributed by atoms with Crippen LogP contribution in [-0.2, 0) is 14.8 Å². The molecule has 1 aromatic carbocycles. The van der Waals surface area contributed by atoms with Crippen LogP contribution >= 0.6 is 0 Å². The van der Waals surface area contributed by atoms with E-state index in [1.807, 2.05) is 26.0 Å². The van der Waals surface area contributed by atoms with Crippen molar-refractivity contribution >= 4 is 27.3 Å². The fraction of sp³-hybridized carbons (Fsp3) is 0.708. The van der Waals surface area contributed by atoms with Crippen molar-refractivity contribution in [2.75, 3.05) is 16.8 Å². The predicted octanol–water partition coefficient (Wildman–Crippen LogP) is 5.05. The van der Waals surface area contributed by atoms with Crippen molar-refractivity contribution in [3.63, 3.8) is 0 Å². The fourth-order valence-corrected chi connectivity index (χ4v) is 6.34. The average Bonchev–Trinajstić information content (AvgIpc) is 3.26. The van der Waals surface area contributed by atoms with Gasteiger partial charge in [-0.2, -0.15) is 0 Å². The largest absolute Gasteiger partial charge is 0.368 e. The number of piperidine rings is 1. The molecule has 2 N–H and O–H groups in total. The summed E-state index contributed by atoms with van der Waals surface area (Å²) in [5, 5.41) is 2.94. The number of rotatable bonds is 9. The van der Waals surface area contributed by atoms with Crippen LogP contribution in [0.3, 0.4) is 0 Å². The maximum atomic E-state index is 13.3. The minimum Gasteiger partial charge on any atom is -0.368 e. The van der Waals surface area contributed by atoms with E-state index in [1.54, 1.807) is 6.07 Å². The highest BCUT2D eigenvalue weighted by atomic mass is 32.2. The van der Waals surface area contributed by atoms with Gasteiger partial charge < -0.3 is 10.2 Å². The summed E-state index contributed by atoms with van der Waals surface area (Å²) in [5.74, 6) is 0.619. The van der Waals surface area contributed by atoms with Crippen molar-refractivity contribution in [1.82, 2.24) is 4.72 Å². The lowest BCUT2D eigenvalue weighted by atomic mass is 10.0. The van der Waals surface area contributed by atoms with Crippen LogP contribution in [0, 0.1) is 5.92 Å². The smallest absolute Gasteiger partial charge is 0.242 e. The molecule has 7 heteroatoms. The predicted molar refractivity (Wildman–Crippen MR) is 127 cm³/mol. The highest BCUT2D eigenvalue weighted by Crippen LogP contribution is 2.33. The molecular formula is C24H39N3O3S. The molecule has 2 aliphatic rings. The topological polar surface area (TPSA) is 78.5 Å². The number of sulfonamides is 1. The molecule has 2 fully saturated rings. The fourth-order valence-electron chi connectivity index (χ4n) is 4.77. The minimum atomic E-state index is -3.70. The van der Waals surface area contributed by atoms with E-state index in [4.69, 9.17) is 0 Å². The molecule has 2 atom stereocenters. The number of hydrogen-bond acceptors (Lipinski definition) is 4. The van der Waals surface area contributed by atoms with Crippen LogP contribution in [0.1, 0.15) is 85.0 Å². The third-order valence-corrected chi connectivity index (χ3v) is 8.49. The summed E-state index contributed by atoms with van der Waals surface area (Å²) in [6, 6.07) is 5.47. The van der Waals surface area contributed by atoms with E-state index in [0.717, 1.165) is 31.5 Å². The summed E-state index contributed by atoms with van der Waals surface area (Å²) in [5.41, 5.74) is 1.28. The van der Waals surface area contributed by atoms with Gasteiger partial charge in [0.25, 0.3) is 0 Å². The molecule has 0 radical (unpaired) electrons. The number of amides is 1. The van der Waals surface area contributed by atoms with Crippen molar-refractivity contribution in [2.45, 2.75) is 102 Å². The van der Waals surface area contributed by atoms with Gasteiger partial charge in [0.1, 0.15) is 4.90 Å². The number of carbonyl (C=O) groups excluding carboxylic acids is 1.